The Labute approximate surface area is 128 Å². The van der Waals surface area contributed by atoms with Crippen molar-refractivity contribution in [3.8, 4) is 5.75 Å². The molecule has 1 fully saturated rings. The number of hydrogen-bond donors (Lipinski definition) is 4. The summed E-state index contributed by atoms with van der Waals surface area (Å²) in [6.45, 7) is 1.12. The molecule has 1 aromatic carbocycles. The van der Waals surface area contributed by atoms with Crippen LogP contribution in [-0.4, -0.2) is 47.4 Å². The first-order valence-electron chi connectivity index (χ1n) is 7.21. The first kappa shape index (κ1) is 16.3. The molecule has 1 heterocycles. The number of benzene rings is 1. The molecule has 120 valence electrons. The van der Waals surface area contributed by atoms with Gasteiger partial charge in [0.25, 0.3) is 0 Å². The highest BCUT2D eigenvalue weighted by atomic mass is 16.5. The molecule has 1 saturated heterocycles. The minimum absolute atomic E-state index is 0.0157. The maximum atomic E-state index is 11.9. The summed E-state index contributed by atoms with van der Waals surface area (Å²) < 4.78 is 5.42. The lowest BCUT2D eigenvalue weighted by Crippen LogP contribution is -2.43. The number of ether oxygens (including phenoxy) is 1. The number of nitrogens with one attached hydrogen (secondary N) is 2. The molecule has 2 atom stereocenters. The van der Waals surface area contributed by atoms with Gasteiger partial charge in [-0.2, -0.15) is 0 Å². The van der Waals surface area contributed by atoms with Gasteiger partial charge in [0.1, 0.15) is 11.8 Å². The number of carboxylic acid groups (broad SMARTS) is 1. The third-order valence-corrected chi connectivity index (χ3v) is 3.45. The molecule has 22 heavy (non-hydrogen) atoms. The van der Waals surface area contributed by atoms with E-state index in [1.807, 2.05) is 0 Å². The molecule has 7 nitrogen and oxygen atoms in total. The van der Waals surface area contributed by atoms with Gasteiger partial charge in [-0.25, -0.2) is 0 Å². The average molecular weight is 308 g/mol. The van der Waals surface area contributed by atoms with Crippen LogP contribution in [0, 0.1) is 0 Å². The summed E-state index contributed by atoms with van der Waals surface area (Å²) in [5.74, 6) is -1.38. The van der Waals surface area contributed by atoms with Crippen LogP contribution in [0.1, 0.15) is 19.3 Å². The predicted molar refractivity (Wildman–Crippen MR) is 79.8 cm³/mol. The Morgan fingerprint density at radius 3 is 2.64 bits per heavy atom. The lowest BCUT2D eigenvalue weighted by Gasteiger charge is -2.17. The summed E-state index contributed by atoms with van der Waals surface area (Å²) in [6, 6.07) is 5.02. The van der Waals surface area contributed by atoms with E-state index in [1.165, 1.54) is 12.1 Å². The van der Waals surface area contributed by atoms with E-state index in [9.17, 15) is 19.8 Å². The Morgan fingerprint density at radius 2 is 2.05 bits per heavy atom. The number of hydrogen-bond acceptors (Lipinski definition) is 5. The minimum Gasteiger partial charge on any atom is -0.508 e. The quantitative estimate of drug-likeness (QED) is 0.558. The number of aliphatic carboxylic acids is 1. The summed E-state index contributed by atoms with van der Waals surface area (Å²) in [5, 5.41) is 23.8. The van der Waals surface area contributed by atoms with Crippen LogP contribution in [0.4, 0.5) is 5.69 Å². The van der Waals surface area contributed by atoms with Crippen LogP contribution in [0.2, 0.25) is 0 Å². The molecule has 7 heteroatoms. The zero-order valence-electron chi connectivity index (χ0n) is 12.1. The highest BCUT2D eigenvalue weighted by Crippen LogP contribution is 2.14. The van der Waals surface area contributed by atoms with E-state index in [0.29, 0.717) is 18.8 Å². The van der Waals surface area contributed by atoms with E-state index in [0.717, 1.165) is 12.8 Å². The summed E-state index contributed by atoms with van der Waals surface area (Å²) in [5.41, 5.74) is 0.506. The van der Waals surface area contributed by atoms with Crippen LogP contribution >= 0.6 is 0 Å². The zero-order chi connectivity index (χ0) is 15.9. The van der Waals surface area contributed by atoms with Gasteiger partial charge in [-0.1, -0.05) is 0 Å². The van der Waals surface area contributed by atoms with Crippen LogP contribution < -0.4 is 10.6 Å². The van der Waals surface area contributed by atoms with Crippen molar-refractivity contribution >= 4 is 17.6 Å². The smallest absolute Gasteiger partial charge is 0.321 e. The highest BCUT2D eigenvalue weighted by molar-refractivity contribution is 5.94. The lowest BCUT2D eigenvalue weighted by atomic mass is 10.1. The van der Waals surface area contributed by atoms with E-state index in [4.69, 9.17) is 4.74 Å². The van der Waals surface area contributed by atoms with Crippen molar-refractivity contribution in [3.05, 3.63) is 24.3 Å². The topological polar surface area (TPSA) is 108 Å². The number of carboxylic acids is 1. The number of aromatic hydroxyl groups is 1. The number of amides is 1. The molecule has 1 aliphatic heterocycles. The van der Waals surface area contributed by atoms with E-state index in [1.54, 1.807) is 12.1 Å². The van der Waals surface area contributed by atoms with Crippen molar-refractivity contribution in [2.24, 2.45) is 0 Å². The van der Waals surface area contributed by atoms with E-state index in [2.05, 4.69) is 10.6 Å². The molecule has 1 amide bonds. The summed E-state index contributed by atoms with van der Waals surface area (Å²) in [4.78, 5) is 23.1. The number of carbonyl (C=O) groups excluding carboxylic acids is 1. The van der Waals surface area contributed by atoms with Crippen molar-refractivity contribution < 1.29 is 24.5 Å². The Morgan fingerprint density at radius 1 is 1.32 bits per heavy atom. The third kappa shape index (κ3) is 5.01. The van der Waals surface area contributed by atoms with E-state index >= 15 is 0 Å². The first-order chi connectivity index (χ1) is 10.5. The average Bonchev–Trinajstić information content (AvgIpc) is 2.99. The standard InChI is InChI=1S/C15H20N2O5/c18-11-5-3-10(4-6-11)17-14(19)8-13(15(20)21)16-9-12-2-1-7-22-12/h3-6,12-13,16,18H,1-2,7-9H2,(H,17,19)(H,20,21)/t12-,13+/m0/s1. The van der Waals surface area contributed by atoms with Gasteiger partial charge in [-0.05, 0) is 37.1 Å². The van der Waals surface area contributed by atoms with Crippen LogP contribution in [0.15, 0.2) is 24.3 Å². The summed E-state index contributed by atoms with van der Waals surface area (Å²) in [7, 11) is 0. The van der Waals surface area contributed by atoms with Gasteiger partial charge < -0.3 is 25.6 Å². The fourth-order valence-electron chi connectivity index (χ4n) is 2.27. The second-order valence-electron chi connectivity index (χ2n) is 5.23. The van der Waals surface area contributed by atoms with Crippen molar-refractivity contribution in [2.45, 2.75) is 31.4 Å². The second-order valence-corrected chi connectivity index (χ2v) is 5.23. The molecule has 4 N–H and O–H groups in total. The van der Waals surface area contributed by atoms with Gasteiger partial charge in [0.15, 0.2) is 0 Å². The molecule has 0 radical (unpaired) electrons. The van der Waals surface area contributed by atoms with Gasteiger partial charge in [0.05, 0.1) is 12.5 Å². The Hall–Kier alpha value is -2.12. The second kappa shape index (κ2) is 7.77. The van der Waals surface area contributed by atoms with Gasteiger partial charge in [-0.3, -0.25) is 9.59 Å². The molecule has 1 aliphatic rings. The molecular weight excluding hydrogens is 288 g/mol. The SMILES string of the molecule is O=C(C[C@@H](NC[C@@H]1CCCO1)C(=O)O)Nc1ccc(O)cc1. The van der Waals surface area contributed by atoms with E-state index < -0.39 is 17.9 Å². The molecule has 0 aliphatic carbocycles. The van der Waals surface area contributed by atoms with Gasteiger partial charge in [-0.15, -0.1) is 0 Å². The number of phenolic OH excluding ortho intramolecular Hbond substituents is 1. The van der Waals surface area contributed by atoms with Gasteiger partial charge in [0.2, 0.25) is 5.91 Å². The van der Waals surface area contributed by atoms with Crippen LogP contribution in [-0.2, 0) is 14.3 Å². The molecule has 0 spiro atoms. The molecular formula is C15H20N2O5. The maximum Gasteiger partial charge on any atom is 0.321 e. The van der Waals surface area contributed by atoms with Crippen molar-refractivity contribution in [1.82, 2.24) is 5.32 Å². The van der Waals surface area contributed by atoms with Gasteiger partial charge >= 0.3 is 5.97 Å². The fourth-order valence-corrected chi connectivity index (χ4v) is 2.27. The molecule has 2 rings (SSSR count). The fraction of sp³-hybridized carbons (Fsp3) is 0.467. The maximum absolute atomic E-state index is 11.9. The first-order valence-corrected chi connectivity index (χ1v) is 7.21. The summed E-state index contributed by atoms with van der Waals surface area (Å²) >= 11 is 0. The number of anilines is 1. The van der Waals surface area contributed by atoms with Crippen molar-refractivity contribution in [1.29, 1.82) is 0 Å². The lowest BCUT2D eigenvalue weighted by molar-refractivity contribution is -0.141. The molecule has 0 bridgehead atoms. The molecule has 0 saturated carbocycles. The Kier molecular flexibility index (Phi) is 5.74. The van der Waals surface area contributed by atoms with E-state index in [-0.39, 0.29) is 18.3 Å². The minimum atomic E-state index is -1.07. The van der Waals surface area contributed by atoms with Gasteiger partial charge in [0, 0.05) is 18.8 Å². The Balaban J connectivity index is 1.82. The number of rotatable bonds is 7. The number of carbonyl (C=O) groups is 2. The predicted octanol–water partition coefficient (Wildman–Crippen LogP) is 0.943. The highest BCUT2D eigenvalue weighted by Gasteiger charge is 2.23. The molecule has 0 aromatic heterocycles. The molecule has 1 aromatic rings. The third-order valence-electron chi connectivity index (χ3n) is 3.45. The van der Waals surface area contributed by atoms with Crippen LogP contribution in [0.5, 0.6) is 5.75 Å². The molecule has 0 unspecified atom stereocenters. The monoisotopic (exact) mass is 308 g/mol. The van der Waals surface area contributed by atoms with Crippen molar-refractivity contribution in [3.63, 3.8) is 0 Å². The van der Waals surface area contributed by atoms with Crippen molar-refractivity contribution in [2.75, 3.05) is 18.5 Å². The largest absolute Gasteiger partial charge is 0.508 e. The Bertz CT molecular complexity index is 511. The number of phenols is 1. The zero-order valence-corrected chi connectivity index (χ0v) is 12.1. The normalized spacial score (nSPS) is 18.8. The summed E-state index contributed by atoms with van der Waals surface area (Å²) in [6.07, 6.45) is 1.72. The van der Waals surface area contributed by atoms with Crippen LogP contribution in [0.25, 0.3) is 0 Å². The van der Waals surface area contributed by atoms with Crippen LogP contribution in [0.3, 0.4) is 0 Å².